The quantitative estimate of drug-likeness (QED) is 0.409. The standard InChI is InChI=1S/C18H16N4O7/c23-14-5-2-6-15(24)20(14)21-16(25)8-7-13(18(21)27)19-9-11-10(17(19)26)3-1-4-12(11)22(28)29/h1,3-4,13H,2,5-9H2. The van der Waals surface area contributed by atoms with E-state index in [1.165, 1.54) is 23.1 Å². The number of hydrazine groups is 1. The molecule has 1 aromatic rings. The summed E-state index contributed by atoms with van der Waals surface area (Å²) in [7, 11) is 0. The van der Waals surface area contributed by atoms with Gasteiger partial charge in [-0.05, 0) is 18.9 Å². The Bertz CT molecular complexity index is 972. The molecule has 11 nitrogen and oxygen atoms in total. The van der Waals surface area contributed by atoms with Crippen molar-refractivity contribution in [2.75, 3.05) is 0 Å². The van der Waals surface area contributed by atoms with Crippen LogP contribution in [0.25, 0.3) is 0 Å². The second-order valence-corrected chi connectivity index (χ2v) is 7.04. The zero-order valence-electron chi connectivity index (χ0n) is 15.2. The Balaban J connectivity index is 1.65. The second kappa shape index (κ2) is 6.76. The minimum atomic E-state index is -1.10. The van der Waals surface area contributed by atoms with E-state index in [1.807, 2.05) is 0 Å². The summed E-state index contributed by atoms with van der Waals surface area (Å²) >= 11 is 0. The average molecular weight is 400 g/mol. The Morgan fingerprint density at radius 1 is 0.931 bits per heavy atom. The Morgan fingerprint density at radius 2 is 1.59 bits per heavy atom. The van der Waals surface area contributed by atoms with Crippen LogP contribution in [0.2, 0.25) is 0 Å². The number of hydrogen-bond donors (Lipinski definition) is 0. The van der Waals surface area contributed by atoms with E-state index in [0.29, 0.717) is 16.4 Å². The minimum absolute atomic E-state index is 0.0118. The highest BCUT2D eigenvalue weighted by Crippen LogP contribution is 2.34. The molecule has 0 aromatic heterocycles. The monoisotopic (exact) mass is 400 g/mol. The van der Waals surface area contributed by atoms with Gasteiger partial charge in [0.1, 0.15) is 6.04 Å². The number of amides is 5. The summed E-state index contributed by atoms with van der Waals surface area (Å²) in [6.45, 7) is -0.161. The minimum Gasteiger partial charge on any atom is -0.322 e. The summed E-state index contributed by atoms with van der Waals surface area (Å²) in [5, 5.41) is 12.4. The van der Waals surface area contributed by atoms with Crippen LogP contribution in [0.4, 0.5) is 5.69 Å². The zero-order valence-corrected chi connectivity index (χ0v) is 15.2. The zero-order chi connectivity index (χ0) is 20.9. The summed E-state index contributed by atoms with van der Waals surface area (Å²) < 4.78 is 0. The van der Waals surface area contributed by atoms with Crippen molar-refractivity contribution in [1.82, 2.24) is 14.9 Å². The van der Waals surface area contributed by atoms with Gasteiger partial charge in [0.15, 0.2) is 0 Å². The van der Waals surface area contributed by atoms with Crippen LogP contribution in [-0.4, -0.2) is 55.4 Å². The number of nitro benzene ring substituents is 1. The molecule has 3 aliphatic rings. The van der Waals surface area contributed by atoms with Gasteiger partial charge >= 0.3 is 0 Å². The lowest BCUT2D eigenvalue weighted by atomic mass is 10.0. The van der Waals surface area contributed by atoms with Crippen molar-refractivity contribution >= 4 is 35.2 Å². The fourth-order valence-electron chi connectivity index (χ4n) is 3.98. The van der Waals surface area contributed by atoms with Crippen molar-refractivity contribution in [3.63, 3.8) is 0 Å². The van der Waals surface area contributed by atoms with E-state index in [4.69, 9.17) is 0 Å². The van der Waals surface area contributed by atoms with Crippen LogP contribution in [0.5, 0.6) is 0 Å². The molecular weight excluding hydrogens is 384 g/mol. The molecule has 3 heterocycles. The van der Waals surface area contributed by atoms with Gasteiger partial charge in [-0.25, -0.2) is 0 Å². The highest BCUT2D eigenvalue weighted by Gasteiger charge is 2.48. The fourth-order valence-corrected chi connectivity index (χ4v) is 3.98. The van der Waals surface area contributed by atoms with Gasteiger partial charge in [-0.3, -0.25) is 34.1 Å². The first-order chi connectivity index (χ1) is 13.8. The number of rotatable bonds is 3. The van der Waals surface area contributed by atoms with Gasteiger partial charge in [0.2, 0.25) is 17.7 Å². The van der Waals surface area contributed by atoms with Crippen LogP contribution >= 0.6 is 0 Å². The van der Waals surface area contributed by atoms with Crippen molar-refractivity contribution < 1.29 is 28.9 Å². The Kier molecular flexibility index (Phi) is 4.36. The van der Waals surface area contributed by atoms with Crippen LogP contribution in [0.1, 0.15) is 48.0 Å². The van der Waals surface area contributed by atoms with Crippen LogP contribution < -0.4 is 0 Å². The predicted molar refractivity (Wildman–Crippen MR) is 93.5 cm³/mol. The third-order valence-electron chi connectivity index (χ3n) is 5.36. The Hall–Kier alpha value is -3.63. The van der Waals surface area contributed by atoms with E-state index in [1.54, 1.807) is 0 Å². The normalized spacial score (nSPS) is 22.4. The summed E-state index contributed by atoms with van der Waals surface area (Å²) in [4.78, 5) is 74.4. The molecule has 29 heavy (non-hydrogen) atoms. The van der Waals surface area contributed by atoms with Crippen molar-refractivity contribution in [2.24, 2.45) is 0 Å². The lowest BCUT2D eigenvalue weighted by molar-refractivity contribution is -0.385. The third-order valence-corrected chi connectivity index (χ3v) is 5.36. The third kappa shape index (κ3) is 2.85. The molecule has 0 N–H and O–H groups in total. The number of piperidine rings is 2. The largest absolute Gasteiger partial charge is 0.322 e. The molecule has 0 saturated carbocycles. The molecule has 0 aliphatic carbocycles. The van der Waals surface area contributed by atoms with Gasteiger partial charge in [0, 0.05) is 25.3 Å². The maximum Gasteiger partial charge on any atom is 0.275 e. The van der Waals surface area contributed by atoms with E-state index in [9.17, 15) is 34.1 Å². The molecule has 150 valence electrons. The molecule has 2 saturated heterocycles. The van der Waals surface area contributed by atoms with Crippen LogP contribution in [0, 0.1) is 10.1 Å². The Morgan fingerprint density at radius 3 is 2.24 bits per heavy atom. The van der Waals surface area contributed by atoms with Gasteiger partial charge in [-0.2, -0.15) is 10.0 Å². The van der Waals surface area contributed by atoms with E-state index >= 15 is 0 Å². The van der Waals surface area contributed by atoms with Crippen molar-refractivity contribution in [1.29, 1.82) is 0 Å². The molecule has 1 unspecified atom stereocenters. The molecule has 0 spiro atoms. The number of fused-ring (bicyclic) bond motifs is 1. The second-order valence-electron chi connectivity index (χ2n) is 7.04. The molecule has 2 fully saturated rings. The number of carbonyl (C=O) groups excluding carboxylic acids is 5. The lowest BCUT2D eigenvalue weighted by Crippen LogP contribution is -2.63. The highest BCUT2D eigenvalue weighted by molar-refractivity contribution is 6.09. The number of nitro groups is 1. The highest BCUT2D eigenvalue weighted by atomic mass is 16.6. The van der Waals surface area contributed by atoms with Gasteiger partial charge in [-0.15, -0.1) is 0 Å². The topological polar surface area (TPSA) is 138 Å². The smallest absolute Gasteiger partial charge is 0.275 e. The lowest BCUT2D eigenvalue weighted by Gasteiger charge is -2.40. The molecule has 3 aliphatic heterocycles. The maximum atomic E-state index is 13.1. The molecule has 0 radical (unpaired) electrons. The van der Waals surface area contributed by atoms with Crippen LogP contribution in [-0.2, 0) is 25.7 Å². The van der Waals surface area contributed by atoms with Crippen molar-refractivity contribution in [3.8, 4) is 0 Å². The molecule has 1 atom stereocenters. The SMILES string of the molecule is O=C1c2cccc([N+](=O)[O-])c2CN1C1CCC(=O)N(N2C(=O)CCCC2=O)C1=O. The number of hydrogen-bond acceptors (Lipinski definition) is 7. The first-order valence-corrected chi connectivity index (χ1v) is 9.11. The van der Waals surface area contributed by atoms with Crippen LogP contribution in [0.3, 0.4) is 0 Å². The van der Waals surface area contributed by atoms with Gasteiger partial charge in [0.25, 0.3) is 17.5 Å². The van der Waals surface area contributed by atoms with E-state index in [2.05, 4.69) is 0 Å². The number of imide groups is 2. The van der Waals surface area contributed by atoms with Gasteiger partial charge in [-0.1, -0.05) is 6.07 Å². The molecule has 5 amide bonds. The number of benzene rings is 1. The molecule has 0 bridgehead atoms. The van der Waals surface area contributed by atoms with E-state index in [-0.39, 0.29) is 49.0 Å². The molecule has 1 aromatic carbocycles. The van der Waals surface area contributed by atoms with Gasteiger partial charge in [0.05, 0.1) is 22.6 Å². The van der Waals surface area contributed by atoms with Gasteiger partial charge < -0.3 is 4.90 Å². The van der Waals surface area contributed by atoms with Crippen molar-refractivity contribution in [3.05, 3.63) is 39.4 Å². The van der Waals surface area contributed by atoms with E-state index < -0.39 is 40.5 Å². The van der Waals surface area contributed by atoms with Crippen LogP contribution in [0.15, 0.2) is 18.2 Å². The van der Waals surface area contributed by atoms with Crippen molar-refractivity contribution in [2.45, 2.75) is 44.7 Å². The maximum absolute atomic E-state index is 13.1. The molecule has 4 rings (SSSR count). The number of carbonyl (C=O) groups is 5. The first-order valence-electron chi connectivity index (χ1n) is 9.11. The fraction of sp³-hybridized carbons (Fsp3) is 0.389. The molecular formula is C18H16N4O7. The summed E-state index contributed by atoms with van der Waals surface area (Å²) in [6, 6.07) is 3.01. The van der Waals surface area contributed by atoms with E-state index in [0.717, 1.165) is 0 Å². The summed E-state index contributed by atoms with van der Waals surface area (Å²) in [6.07, 6.45) is 0.284. The first kappa shape index (κ1) is 18.7. The molecule has 11 heteroatoms. The Labute approximate surface area is 164 Å². The summed E-state index contributed by atoms with van der Waals surface area (Å²) in [5.74, 6) is -3.39. The number of nitrogens with zero attached hydrogens (tertiary/aromatic N) is 4. The average Bonchev–Trinajstić information content (AvgIpc) is 3.00. The predicted octanol–water partition coefficient (Wildman–Crippen LogP) is 0.522. The summed E-state index contributed by atoms with van der Waals surface area (Å²) in [5.41, 5.74) is 0.0976.